The van der Waals surface area contributed by atoms with Gasteiger partial charge in [-0.3, -0.25) is 4.57 Å². The molecule has 2 atom stereocenters. The second-order valence-corrected chi connectivity index (χ2v) is 12.5. The highest BCUT2D eigenvalue weighted by Crippen LogP contribution is 2.37. The molecule has 13 nitrogen and oxygen atoms in total. The lowest BCUT2D eigenvalue weighted by Crippen LogP contribution is -2.58. The maximum atomic E-state index is 12.5. The molecule has 2 N–H and O–H groups in total. The van der Waals surface area contributed by atoms with Crippen molar-refractivity contribution < 1.29 is 13.2 Å². The van der Waals surface area contributed by atoms with Crippen LogP contribution in [0.2, 0.25) is 0 Å². The minimum Gasteiger partial charge on any atom is -0.378 e. The van der Waals surface area contributed by atoms with Gasteiger partial charge in [-0.15, -0.1) is 0 Å². The molecule has 1 aliphatic carbocycles. The van der Waals surface area contributed by atoms with Crippen molar-refractivity contribution in [3.63, 3.8) is 0 Å². The molecular formula is C24H34N10O3S. The molecule has 38 heavy (non-hydrogen) atoms. The summed E-state index contributed by atoms with van der Waals surface area (Å²) in [6.45, 7) is 8.44. The number of imidazole rings is 1. The lowest BCUT2D eigenvalue weighted by atomic mass is 10.1. The van der Waals surface area contributed by atoms with E-state index < -0.39 is 10.0 Å². The molecule has 0 aromatic carbocycles. The van der Waals surface area contributed by atoms with E-state index in [1.807, 2.05) is 13.8 Å². The summed E-state index contributed by atoms with van der Waals surface area (Å²) < 4.78 is 34.3. The SMILES string of the molecule is CC1CN(c2nc3c(N4CCOCC4)nc(-c4cnc(N)nc4)nc3n2CC2CC2)CC(C)N1S(C)(=O)=O. The zero-order valence-corrected chi connectivity index (χ0v) is 22.8. The van der Waals surface area contributed by atoms with Gasteiger partial charge in [-0.2, -0.15) is 4.31 Å². The van der Waals surface area contributed by atoms with Crippen LogP contribution in [-0.2, 0) is 21.3 Å². The first kappa shape index (κ1) is 25.2. The molecule has 14 heteroatoms. The van der Waals surface area contributed by atoms with Gasteiger partial charge in [-0.05, 0) is 32.6 Å². The lowest BCUT2D eigenvalue weighted by molar-refractivity contribution is 0.122. The molecule has 2 saturated heterocycles. The summed E-state index contributed by atoms with van der Waals surface area (Å²) in [5.41, 5.74) is 7.92. The number of piperazine rings is 1. The molecule has 3 aromatic rings. The summed E-state index contributed by atoms with van der Waals surface area (Å²) in [5, 5.41) is 0. The number of nitrogens with two attached hydrogens (primary N) is 1. The van der Waals surface area contributed by atoms with Gasteiger partial charge in [0.15, 0.2) is 22.8 Å². The van der Waals surface area contributed by atoms with Crippen molar-refractivity contribution >= 4 is 38.9 Å². The fourth-order valence-electron chi connectivity index (χ4n) is 5.65. The third kappa shape index (κ3) is 4.76. The Hall–Kier alpha value is -3.10. The first-order valence-corrected chi connectivity index (χ1v) is 15.0. The predicted octanol–water partition coefficient (Wildman–Crippen LogP) is 0.971. The summed E-state index contributed by atoms with van der Waals surface area (Å²) >= 11 is 0. The summed E-state index contributed by atoms with van der Waals surface area (Å²) in [4.78, 5) is 27.8. The Morgan fingerprint density at radius 2 is 1.66 bits per heavy atom. The van der Waals surface area contributed by atoms with E-state index in [9.17, 15) is 8.42 Å². The number of sulfonamides is 1. The molecule has 204 valence electrons. The van der Waals surface area contributed by atoms with Gasteiger partial charge in [0.2, 0.25) is 21.9 Å². The van der Waals surface area contributed by atoms with Crippen molar-refractivity contribution in [1.29, 1.82) is 0 Å². The van der Waals surface area contributed by atoms with E-state index in [1.54, 1.807) is 16.7 Å². The van der Waals surface area contributed by atoms with Crippen LogP contribution in [0.1, 0.15) is 26.7 Å². The van der Waals surface area contributed by atoms with Crippen LogP contribution < -0.4 is 15.5 Å². The van der Waals surface area contributed by atoms with E-state index in [0.717, 1.165) is 29.5 Å². The molecule has 3 fully saturated rings. The van der Waals surface area contributed by atoms with Crippen LogP contribution >= 0.6 is 0 Å². The molecule has 6 rings (SSSR count). The van der Waals surface area contributed by atoms with E-state index >= 15 is 0 Å². The maximum Gasteiger partial charge on any atom is 0.219 e. The third-order valence-corrected chi connectivity index (χ3v) is 8.92. The number of ether oxygens (including phenoxy) is 1. The highest BCUT2D eigenvalue weighted by Gasteiger charge is 2.38. The number of fused-ring (bicyclic) bond motifs is 1. The molecule has 3 aliphatic rings. The number of nitrogen functional groups attached to an aromatic ring is 1. The lowest BCUT2D eigenvalue weighted by Gasteiger charge is -2.43. The van der Waals surface area contributed by atoms with Crippen molar-refractivity contribution in [3.05, 3.63) is 12.4 Å². The average molecular weight is 543 g/mol. The van der Waals surface area contributed by atoms with Gasteiger partial charge < -0.3 is 20.3 Å². The van der Waals surface area contributed by atoms with E-state index in [4.69, 9.17) is 25.4 Å². The van der Waals surface area contributed by atoms with Gasteiger partial charge >= 0.3 is 0 Å². The largest absolute Gasteiger partial charge is 0.378 e. The molecule has 2 unspecified atom stereocenters. The molecule has 1 saturated carbocycles. The molecular weight excluding hydrogens is 508 g/mol. The fourth-order valence-corrected chi connectivity index (χ4v) is 7.09. The number of hydrogen-bond acceptors (Lipinski definition) is 11. The monoisotopic (exact) mass is 542 g/mol. The number of rotatable bonds is 6. The van der Waals surface area contributed by atoms with Crippen molar-refractivity contribution in [1.82, 2.24) is 33.8 Å². The summed E-state index contributed by atoms with van der Waals surface area (Å²) in [6.07, 6.45) is 6.91. The number of hydrogen-bond donors (Lipinski definition) is 1. The van der Waals surface area contributed by atoms with Crippen LogP contribution in [0, 0.1) is 5.92 Å². The van der Waals surface area contributed by atoms with Crippen LogP contribution in [0.15, 0.2) is 12.4 Å². The van der Waals surface area contributed by atoms with Crippen molar-refractivity contribution in [2.45, 2.75) is 45.3 Å². The second-order valence-electron chi connectivity index (χ2n) is 10.6. The Kier molecular flexibility index (Phi) is 6.35. The van der Waals surface area contributed by atoms with Gasteiger partial charge in [-0.25, -0.2) is 33.3 Å². The van der Waals surface area contributed by atoms with Gasteiger partial charge in [0, 0.05) is 57.2 Å². The Balaban J connectivity index is 1.49. The predicted molar refractivity (Wildman–Crippen MR) is 144 cm³/mol. The highest BCUT2D eigenvalue weighted by molar-refractivity contribution is 7.88. The minimum absolute atomic E-state index is 0.185. The third-order valence-electron chi connectivity index (χ3n) is 7.44. The first-order chi connectivity index (χ1) is 18.2. The Bertz CT molecular complexity index is 1420. The van der Waals surface area contributed by atoms with Crippen LogP contribution in [-0.4, -0.2) is 99.9 Å². The van der Waals surface area contributed by atoms with E-state index in [-0.39, 0.29) is 18.0 Å². The van der Waals surface area contributed by atoms with Crippen molar-refractivity contribution in [3.8, 4) is 11.4 Å². The Morgan fingerprint density at radius 3 is 2.26 bits per heavy atom. The quantitative estimate of drug-likeness (QED) is 0.475. The van der Waals surface area contributed by atoms with Crippen LogP contribution in [0.3, 0.4) is 0 Å². The normalized spacial score (nSPS) is 23.3. The Labute approximate surface area is 222 Å². The molecule has 0 amide bonds. The zero-order chi connectivity index (χ0) is 26.6. The summed E-state index contributed by atoms with van der Waals surface area (Å²) in [6, 6.07) is -0.370. The van der Waals surface area contributed by atoms with E-state index in [2.05, 4.69) is 24.3 Å². The zero-order valence-electron chi connectivity index (χ0n) is 22.0. The molecule has 5 heterocycles. The van der Waals surface area contributed by atoms with Crippen molar-refractivity contribution in [2.24, 2.45) is 5.92 Å². The fraction of sp³-hybridized carbons (Fsp3) is 0.625. The van der Waals surface area contributed by atoms with Crippen LogP contribution in [0.5, 0.6) is 0 Å². The standard InChI is InChI=1S/C24H34N10O3S/c1-15-12-32(13-16(2)34(15)38(3,35)36)24-28-19-21(31-6-8-37-9-7-31)29-20(18-10-26-23(25)27-11-18)30-22(19)33(24)14-17-4-5-17/h10-11,15-17H,4-9,12-14H2,1-3H3,(H2,25,26,27). The number of anilines is 3. The van der Waals surface area contributed by atoms with Gasteiger partial charge in [0.1, 0.15) is 0 Å². The van der Waals surface area contributed by atoms with E-state index in [0.29, 0.717) is 56.7 Å². The van der Waals surface area contributed by atoms with Gasteiger partial charge in [-0.1, -0.05) is 0 Å². The molecule has 3 aromatic heterocycles. The average Bonchev–Trinajstić information content (AvgIpc) is 3.62. The number of aromatic nitrogens is 6. The summed E-state index contributed by atoms with van der Waals surface area (Å²) in [7, 11) is -3.32. The smallest absolute Gasteiger partial charge is 0.219 e. The number of nitrogens with zero attached hydrogens (tertiary/aromatic N) is 9. The molecule has 0 spiro atoms. The molecule has 0 radical (unpaired) electrons. The second kappa shape index (κ2) is 9.58. The first-order valence-electron chi connectivity index (χ1n) is 13.1. The highest BCUT2D eigenvalue weighted by atomic mass is 32.2. The van der Waals surface area contributed by atoms with Crippen LogP contribution in [0.25, 0.3) is 22.6 Å². The summed E-state index contributed by atoms with van der Waals surface area (Å²) in [5.74, 6) is 2.86. The number of morpholine rings is 1. The van der Waals surface area contributed by atoms with E-state index in [1.165, 1.54) is 19.1 Å². The van der Waals surface area contributed by atoms with Gasteiger partial charge in [0.25, 0.3) is 0 Å². The molecule has 2 aliphatic heterocycles. The maximum absolute atomic E-state index is 12.5. The Morgan fingerprint density at radius 1 is 1.00 bits per heavy atom. The van der Waals surface area contributed by atoms with Crippen molar-refractivity contribution in [2.75, 3.05) is 61.2 Å². The van der Waals surface area contributed by atoms with Gasteiger partial charge in [0.05, 0.1) is 25.0 Å². The van der Waals surface area contributed by atoms with Crippen LogP contribution in [0.4, 0.5) is 17.7 Å². The molecule has 0 bridgehead atoms. The topological polar surface area (TPSA) is 148 Å². The minimum atomic E-state index is -3.32.